The van der Waals surface area contributed by atoms with Gasteiger partial charge >= 0.3 is 0 Å². The molecule has 0 radical (unpaired) electrons. The van der Waals surface area contributed by atoms with Gasteiger partial charge in [-0.1, -0.05) is 0 Å². The number of hydrogen-bond acceptors (Lipinski definition) is 6. The smallest absolute Gasteiger partial charge is 0.272 e. The van der Waals surface area contributed by atoms with E-state index in [4.69, 9.17) is 5.84 Å². The van der Waals surface area contributed by atoms with Gasteiger partial charge in [0.25, 0.3) is 5.91 Å². The van der Waals surface area contributed by atoms with Gasteiger partial charge in [0, 0.05) is 6.54 Å². The van der Waals surface area contributed by atoms with Crippen LogP contribution in [0.3, 0.4) is 0 Å². The van der Waals surface area contributed by atoms with Gasteiger partial charge in [0.05, 0.1) is 0 Å². The minimum absolute atomic E-state index is 0.146. The van der Waals surface area contributed by atoms with Crippen molar-refractivity contribution in [3.63, 3.8) is 0 Å². The largest absolute Gasteiger partial charge is 0.354 e. The number of rotatable bonds is 3. The highest BCUT2D eigenvalue weighted by Gasteiger charge is 2.24. The van der Waals surface area contributed by atoms with E-state index in [0.717, 1.165) is 6.42 Å². The van der Waals surface area contributed by atoms with Crippen molar-refractivity contribution in [2.45, 2.75) is 18.9 Å². The summed E-state index contributed by atoms with van der Waals surface area (Å²) in [5.74, 6) is 4.91. The molecule has 2 rings (SSSR count). The van der Waals surface area contributed by atoms with E-state index in [2.05, 4.69) is 26.3 Å². The number of piperidine rings is 1. The first-order chi connectivity index (χ1) is 8.70. The molecule has 5 N–H and O–H groups in total. The van der Waals surface area contributed by atoms with Gasteiger partial charge in [0.1, 0.15) is 6.04 Å². The Balaban J connectivity index is 2.00. The Morgan fingerprint density at radius 3 is 2.89 bits per heavy atom. The average Bonchev–Trinajstić information content (AvgIpc) is 2.41. The normalized spacial score (nSPS) is 18.9. The van der Waals surface area contributed by atoms with Crippen LogP contribution < -0.4 is 21.9 Å². The van der Waals surface area contributed by atoms with Crippen LogP contribution in [0.25, 0.3) is 0 Å². The number of anilines is 1. The molecule has 1 unspecified atom stereocenters. The number of aromatic nitrogens is 2. The molecule has 96 valence electrons. The Morgan fingerprint density at radius 1 is 1.44 bits per heavy atom. The Labute approximate surface area is 103 Å². The van der Waals surface area contributed by atoms with Crippen molar-refractivity contribution in [3.8, 4) is 0 Å². The molecule has 8 heteroatoms. The molecule has 0 saturated carbocycles. The minimum atomic E-state index is -0.500. The molecular formula is C10H14N6O2. The molecule has 0 spiro atoms. The van der Waals surface area contributed by atoms with Gasteiger partial charge in [-0.3, -0.25) is 9.59 Å². The van der Waals surface area contributed by atoms with Crippen LogP contribution in [-0.2, 0) is 4.79 Å². The van der Waals surface area contributed by atoms with Gasteiger partial charge in [-0.25, -0.2) is 5.84 Å². The van der Waals surface area contributed by atoms with Crippen LogP contribution in [0.15, 0.2) is 12.1 Å². The van der Waals surface area contributed by atoms with E-state index in [1.807, 2.05) is 0 Å². The standard InChI is InChI=1S/C10H14N6O2/c11-14-8-4-3-7(15-16-8)10(18)13-6-2-1-5-12-9(6)17/h3-4,6H,1-2,5,11H2,(H,12,17)(H,13,18)(H,14,16). The summed E-state index contributed by atoms with van der Waals surface area (Å²) in [7, 11) is 0. The van der Waals surface area contributed by atoms with Gasteiger partial charge in [-0.15, -0.1) is 10.2 Å². The lowest BCUT2D eigenvalue weighted by atomic mass is 10.1. The van der Waals surface area contributed by atoms with E-state index in [1.165, 1.54) is 12.1 Å². The maximum Gasteiger partial charge on any atom is 0.272 e. The summed E-state index contributed by atoms with van der Waals surface area (Å²) >= 11 is 0. The van der Waals surface area contributed by atoms with Crippen molar-refractivity contribution in [3.05, 3.63) is 17.8 Å². The molecule has 18 heavy (non-hydrogen) atoms. The third-order valence-corrected chi connectivity index (χ3v) is 2.64. The third-order valence-electron chi connectivity index (χ3n) is 2.64. The zero-order chi connectivity index (χ0) is 13.0. The number of hydrazine groups is 1. The van der Waals surface area contributed by atoms with E-state index in [1.54, 1.807) is 0 Å². The Bertz CT molecular complexity index is 446. The molecule has 0 bridgehead atoms. The topological polar surface area (TPSA) is 122 Å². The summed E-state index contributed by atoms with van der Waals surface area (Å²) in [5.41, 5.74) is 2.46. The SMILES string of the molecule is NNc1ccc(C(=O)NC2CCCNC2=O)nn1. The quantitative estimate of drug-likeness (QED) is 0.393. The highest BCUT2D eigenvalue weighted by Crippen LogP contribution is 2.05. The van der Waals surface area contributed by atoms with Gasteiger partial charge in [0.2, 0.25) is 5.91 Å². The lowest BCUT2D eigenvalue weighted by molar-refractivity contribution is -0.124. The van der Waals surface area contributed by atoms with Gasteiger partial charge in [-0.05, 0) is 25.0 Å². The summed E-state index contributed by atoms with van der Waals surface area (Å²) in [6.45, 7) is 0.655. The number of amides is 2. The van der Waals surface area contributed by atoms with Crippen molar-refractivity contribution in [1.82, 2.24) is 20.8 Å². The van der Waals surface area contributed by atoms with Crippen molar-refractivity contribution in [1.29, 1.82) is 0 Å². The van der Waals surface area contributed by atoms with E-state index in [-0.39, 0.29) is 11.6 Å². The number of nitrogens with zero attached hydrogens (tertiary/aromatic N) is 2. The minimum Gasteiger partial charge on any atom is -0.354 e. The summed E-state index contributed by atoms with van der Waals surface area (Å²) in [5, 5.41) is 12.7. The van der Waals surface area contributed by atoms with Crippen LogP contribution in [0.5, 0.6) is 0 Å². The van der Waals surface area contributed by atoms with Crippen LogP contribution in [-0.4, -0.2) is 34.6 Å². The maximum absolute atomic E-state index is 11.8. The fourth-order valence-electron chi connectivity index (χ4n) is 1.67. The van der Waals surface area contributed by atoms with Gasteiger partial charge < -0.3 is 16.1 Å². The van der Waals surface area contributed by atoms with Crippen molar-refractivity contribution in [2.75, 3.05) is 12.0 Å². The fourth-order valence-corrected chi connectivity index (χ4v) is 1.67. The average molecular weight is 250 g/mol. The number of nitrogens with two attached hydrogens (primary N) is 1. The molecule has 1 saturated heterocycles. The summed E-state index contributed by atoms with van der Waals surface area (Å²) in [4.78, 5) is 23.3. The van der Waals surface area contributed by atoms with Crippen LogP contribution >= 0.6 is 0 Å². The Morgan fingerprint density at radius 2 is 2.28 bits per heavy atom. The van der Waals surface area contributed by atoms with Crippen molar-refractivity contribution < 1.29 is 9.59 Å². The summed E-state index contributed by atoms with van der Waals surface area (Å²) < 4.78 is 0. The Hall–Kier alpha value is -2.22. The molecular weight excluding hydrogens is 236 g/mol. The predicted molar refractivity (Wildman–Crippen MR) is 63.3 cm³/mol. The molecule has 1 aromatic heterocycles. The molecule has 0 aliphatic carbocycles. The molecule has 1 atom stereocenters. The lowest BCUT2D eigenvalue weighted by Gasteiger charge is -2.22. The van der Waals surface area contributed by atoms with E-state index in [0.29, 0.717) is 18.8 Å². The molecule has 1 aromatic rings. The number of nitrogens with one attached hydrogen (secondary N) is 3. The first-order valence-corrected chi connectivity index (χ1v) is 5.59. The number of carbonyl (C=O) groups excluding carboxylic acids is 2. The lowest BCUT2D eigenvalue weighted by Crippen LogP contribution is -2.50. The van der Waals surface area contributed by atoms with Crippen LogP contribution in [0.1, 0.15) is 23.3 Å². The van der Waals surface area contributed by atoms with Crippen molar-refractivity contribution >= 4 is 17.6 Å². The molecule has 0 aromatic carbocycles. The first kappa shape index (κ1) is 12.2. The van der Waals surface area contributed by atoms with Crippen LogP contribution in [0.2, 0.25) is 0 Å². The highest BCUT2D eigenvalue weighted by molar-refractivity contribution is 5.96. The van der Waals surface area contributed by atoms with Crippen LogP contribution in [0.4, 0.5) is 5.82 Å². The first-order valence-electron chi connectivity index (χ1n) is 5.59. The monoisotopic (exact) mass is 250 g/mol. The highest BCUT2D eigenvalue weighted by atomic mass is 16.2. The second kappa shape index (κ2) is 5.41. The maximum atomic E-state index is 11.8. The van der Waals surface area contributed by atoms with Crippen LogP contribution in [0, 0.1) is 0 Å². The molecule has 1 aliphatic heterocycles. The summed E-state index contributed by atoms with van der Waals surface area (Å²) in [6, 6.07) is 2.52. The third kappa shape index (κ3) is 2.72. The van der Waals surface area contributed by atoms with Crippen molar-refractivity contribution in [2.24, 2.45) is 5.84 Å². The zero-order valence-electron chi connectivity index (χ0n) is 9.64. The molecule has 1 fully saturated rings. The molecule has 1 aliphatic rings. The summed E-state index contributed by atoms with van der Waals surface area (Å²) in [6.07, 6.45) is 1.48. The Kier molecular flexibility index (Phi) is 3.68. The number of hydrogen-bond donors (Lipinski definition) is 4. The van der Waals surface area contributed by atoms with E-state index in [9.17, 15) is 9.59 Å². The number of nitrogen functional groups attached to an aromatic ring is 1. The predicted octanol–water partition coefficient (Wildman–Crippen LogP) is -1.23. The second-order valence-corrected chi connectivity index (χ2v) is 3.91. The fraction of sp³-hybridized carbons (Fsp3) is 0.400. The van der Waals surface area contributed by atoms with Gasteiger partial charge in [-0.2, -0.15) is 0 Å². The number of carbonyl (C=O) groups is 2. The van der Waals surface area contributed by atoms with E-state index >= 15 is 0 Å². The molecule has 2 heterocycles. The van der Waals surface area contributed by atoms with Gasteiger partial charge in [0.15, 0.2) is 11.5 Å². The zero-order valence-corrected chi connectivity index (χ0v) is 9.64. The molecule has 2 amide bonds. The second-order valence-electron chi connectivity index (χ2n) is 3.91. The van der Waals surface area contributed by atoms with E-state index < -0.39 is 11.9 Å². The molecule has 8 nitrogen and oxygen atoms in total.